The molecule has 0 heterocycles. The van der Waals surface area contributed by atoms with Crippen molar-refractivity contribution < 1.29 is 15.7 Å². The van der Waals surface area contributed by atoms with Crippen molar-refractivity contribution >= 4 is 0 Å². The molecule has 0 saturated heterocycles. The molecular formula is C14H34O3. The molecule has 0 aliphatic carbocycles. The maximum absolute atomic E-state index is 8.42. The molecule has 0 aliphatic heterocycles. The summed E-state index contributed by atoms with van der Waals surface area (Å²) >= 11 is 0. The summed E-state index contributed by atoms with van der Waals surface area (Å²) < 4.78 is 0. The monoisotopic (exact) mass is 250 g/mol. The van der Waals surface area contributed by atoms with Crippen molar-refractivity contribution in [1.29, 1.82) is 0 Å². The Morgan fingerprint density at radius 1 is 0.529 bits per heavy atom. The Bertz CT molecular complexity index is 87.5. The molecule has 0 saturated carbocycles. The lowest BCUT2D eigenvalue weighted by molar-refractivity contribution is 0.282. The largest absolute Gasteiger partial charge is 0.412 e. The van der Waals surface area contributed by atoms with Gasteiger partial charge in [0.15, 0.2) is 0 Å². The number of aliphatic hydroxyl groups excluding tert-OH is 2. The van der Waals surface area contributed by atoms with Crippen LogP contribution in [-0.2, 0) is 0 Å². The first-order chi connectivity index (χ1) is 7.83. The molecule has 0 aromatic heterocycles. The van der Waals surface area contributed by atoms with Gasteiger partial charge in [-0.05, 0) is 12.8 Å². The highest BCUT2D eigenvalue weighted by molar-refractivity contribution is 4.41. The normalized spacial score (nSPS) is 9.18. The molecule has 0 bridgehead atoms. The highest BCUT2D eigenvalue weighted by Crippen LogP contribution is 2.03. The highest BCUT2D eigenvalue weighted by atomic mass is 16.3. The van der Waals surface area contributed by atoms with Gasteiger partial charge in [0.05, 0.1) is 0 Å². The van der Waals surface area contributed by atoms with Gasteiger partial charge < -0.3 is 15.7 Å². The molecule has 0 spiro atoms. The first-order valence-corrected chi connectivity index (χ1v) is 7.05. The predicted octanol–water partition coefficient (Wildman–Crippen LogP) is 3.07. The maximum Gasteiger partial charge on any atom is 0.0431 e. The molecule has 0 fully saturated rings. The highest BCUT2D eigenvalue weighted by Gasteiger charge is 1.86. The average Bonchev–Trinajstić information content (AvgIpc) is 2.31. The second-order valence-electron chi connectivity index (χ2n) is 4.28. The number of hydrogen-bond acceptors (Lipinski definition) is 2. The average molecular weight is 250 g/mol. The molecule has 0 rings (SSSR count). The van der Waals surface area contributed by atoms with Gasteiger partial charge in [-0.2, -0.15) is 0 Å². The van der Waals surface area contributed by atoms with Crippen molar-refractivity contribution in [2.45, 2.75) is 78.1 Å². The van der Waals surface area contributed by atoms with E-state index >= 15 is 0 Å². The van der Waals surface area contributed by atoms with Gasteiger partial charge in [-0.1, -0.05) is 65.2 Å². The van der Waals surface area contributed by atoms with Gasteiger partial charge in [-0.25, -0.2) is 0 Å². The van der Waals surface area contributed by atoms with Crippen molar-refractivity contribution in [2.24, 2.45) is 0 Å². The van der Waals surface area contributed by atoms with Crippen LogP contribution in [0.25, 0.3) is 0 Å². The van der Waals surface area contributed by atoms with Crippen LogP contribution < -0.4 is 0 Å². The summed E-state index contributed by atoms with van der Waals surface area (Å²) in [6.45, 7) is 5.11. The molecule has 4 N–H and O–H groups in total. The lowest BCUT2D eigenvalue weighted by atomic mass is 10.1. The second kappa shape index (κ2) is 24.9. The van der Waals surface area contributed by atoms with Crippen LogP contribution in [0.15, 0.2) is 0 Å². The fourth-order valence-corrected chi connectivity index (χ4v) is 1.43. The van der Waals surface area contributed by atoms with Gasteiger partial charge in [0.25, 0.3) is 0 Å². The zero-order valence-corrected chi connectivity index (χ0v) is 11.9. The van der Waals surface area contributed by atoms with Gasteiger partial charge in [0.2, 0.25) is 0 Å². The number of aliphatic hydroxyl groups is 2. The molecule has 17 heavy (non-hydrogen) atoms. The Hall–Kier alpha value is -0.120. The standard InChI is InChI=1S/C8H18O.C6H14O.H2O/c1-2-3-4-5-6-7-8-9;1-2-3-4-5-6-7;/h9H,2-8H2,1H3;7H,2-6H2,1H3;1H2. The maximum atomic E-state index is 8.42. The van der Waals surface area contributed by atoms with Crippen LogP contribution in [0, 0.1) is 0 Å². The summed E-state index contributed by atoms with van der Waals surface area (Å²) in [6, 6.07) is 0. The molecule has 0 atom stereocenters. The second-order valence-corrected chi connectivity index (χ2v) is 4.28. The van der Waals surface area contributed by atoms with Gasteiger partial charge in [0, 0.05) is 13.2 Å². The van der Waals surface area contributed by atoms with Crippen LogP contribution in [-0.4, -0.2) is 28.9 Å². The molecule has 3 heteroatoms. The molecule has 0 aliphatic rings. The smallest absolute Gasteiger partial charge is 0.0431 e. The Morgan fingerprint density at radius 3 is 1.18 bits per heavy atom. The molecule has 3 nitrogen and oxygen atoms in total. The zero-order valence-electron chi connectivity index (χ0n) is 11.9. The van der Waals surface area contributed by atoms with Crippen LogP contribution in [0.2, 0.25) is 0 Å². The number of unbranched alkanes of at least 4 members (excludes halogenated alkanes) is 8. The summed E-state index contributed by atoms with van der Waals surface area (Å²) in [5, 5.41) is 16.7. The van der Waals surface area contributed by atoms with Gasteiger partial charge in [0.1, 0.15) is 0 Å². The minimum absolute atomic E-state index is 0. The van der Waals surface area contributed by atoms with Gasteiger partial charge in [-0.15, -0.1) is 0 Å². The first kappa shape index (κ1) is 22.1. The van der Waals surface area contributed by atoms with Crippen LogP contribution in [0.4, 0.5) is 0 Å². The molecule has 0 aromatic rings. The molecule has 0 amide bonds. The lowest BCUT2D eigenvalue weighted by Crippen LogP contribution is -1.82. The van der Waals surface area contributed by atoms with E-state index in [1.54, 1.807) is 0 Å². The van der Waals surface area contributed by atoms with E-state index in [1.165, 1.54) is 51.4 Å². The van der Waals surface area contributed by atoms with E-state index in [2.05, 4.69) is 13.8 Å². The Kier molecular flexibility index (Phi) is 32.4. The lowest BCUT2D eigenvalue weighted by Gasteiger charge is -1.95. The van der Waals surface area contributed by atoms with E-state index in [9.17, 15) is 0 Å². The zero-order chi connectivity index (χ0) is 12.5. The van der Waals surface area contributed by atoms with Crippen LogP contribution in [0.3, 0.4) is 0 Å². The van der Waals surface area contributed by atoms with Crippen molar-refractivity contribution in [2.75, 3.05) is 13.2 Å². The van der Waals surface area contributed by atoms with E-state index in [0.29, 0.717) is 13.2 Å². The third kappa shape index (κ3) is 31.3. The molecule has 0 unspecified atom stereocenters. The summed E-state index contributed by atoms with van der Waals surface area (Å²) in [5.74, 6) is 0. The van der Waals surface area contributed by atoms with Crippen LogP contribution in [0.1, 0.15) is 78.1 Å². The fourth-order valence-electron chi connectivity index (χ4n) is 1.43. The summed E-state index contributed by atoms with van der Waals surface area (Å²) in [4.78, 5) is 0. The Balaban J connectivity index is -0.000000224. The fraction of sp³-hybridized carbons (Fsp3) is 1.00. The minimum atomic E-state index is 0. The SMILES string of the molecule is CCCCCCCCO.CCCCCCO.O. The minimum Gasteiger partial charge on any atom is -0.412 e. The van der Waals surface area contributed by atoms with E-state index < -0.39 is 0 Å². The molecule has 0 aromatic carbocycles. The first-order valence-electron chi connectivity index (χ1n) is 7.05. The quantitative estimate of drug-likeness (QED) is 0.585. The van der Waals surface area contributed by atoms with Crippen molar-refractivity contribution in [3.05, 3.63) is 0 Å². The van der Waals surface area contributed by atoms with E-state index in [-0.39, 0.29) is 5.48 Å². The third-order valence-electron chi connectivity index (χ3n) is 2.52. The van der Waals surface area contributed by atoms with Crippen LogP contribution >= 0.6 is 0 Å². The summed E-state index contributed by atoms with van der Waals surface area (Å²) in [7, 11) is 0. The predicted molar refractivity (Wildman–Crippen MR) is 75.3 cm³/mol. The Morgan fingerprint density at radius 2 is 0.824 bits per heavy atom. The van der Waals surface area contributed by atoms with E-state index in [4.69, 9.17) is 10.2 Å². The van der Waals surface area contributed by atoms with Crippen molar-refractivity contribution in [1.82, 2.24) is 0 Å². The summed E-state index contributed by atoms with van der Waals surface area (Å²) in [5.41, 5.74) is 0. The molecular weight excluding hydrogens is 216 g/mol. The molecule has 108 valence electrons. The van der Waals surface area contributed by atoms with E-state index in [0.717, 1.165) is 12.8 Å². The van der Waals surface area contributed by atoms with Gasteiger partial charge in [-0.3, -0.25) is 0 Å². The Labute approximate surface area is 108 Å². The van der Waals surface area contributed by atoms with E-state index in [1.807, 2.05) is 0 Å². The number of rotatable bonds is 10. The number of hydrogen-bond donors (Lipinski definition) is 2. The van der Waals surface area contributed by atoms with Crippen molar-refractivity contribution in [3.8, 4) is 0 Å². The topological polar surface area (TPSA) is 72.0 Å². The summed E-state index contributed by atoms with van der Waals surface area (Å²) in [6.07, 6.45) is 12.2. The molecule has 0 radical (unpaired) electrons. The van der Waals surface area contributed by atoms with Crippen molar-refractivity contribution in [3.63, 3.8) is 0 Å². The van der Waals surface area contributed by atoms with Crippen LogP contribution in [0.5, 0.6) is 0 Å². The van der Waals surface area contributed by atoms with Gasteiger partial charge >= 0.3 is 0 Å². The third-order valence-corrected chi connectivity index (χ3v) is 2.52.